The summed E-state index contributed by atoms with van der Waals surface area (Å²) in [5, 5.41) is 10.2. The Morgan fingerprint density at radius 1 is 1.38 bits per heavy atom. The van der Waals surface area contributed by atoms with Crippen LogP contribution in [0.25, 0.3) is 0 Å². The second-order valence-corrected chi connectivity index (χ2v) is 4.52. The summed E-state index contributed by atoms with van der Waals surface area (Å²) in [5.74, 6) is 0.265. The molecule has 1 saturated heterocycles. The van der Waals surface area contributed by atoms with Crippen molar-refractivity contribution in [3.63, 3.8) is 0 Å². The Morgan fingerprint density at radius 3 is 2.69 bits per heavy atom. The summed E-state index contributed by atoms with van der Waals surface area (Å²) >= 11 is 0. The molecule has 0 aromatic heterocycles. The number of aliphatic hydroxyl groups is 1. The third kappa shape index (κ3) is 2.63. The molecule has 0 saturated carbocycles. The molecule has 2 nitrogen and oxygen atoms in total. The molecular weight excluding hydrogens is 200 g/mol. The average Bonchev–Trinajstić information content (AvgIpc) is 2.39. The largest absolute Gasteiger partial charge is 0.388 e. The van der Waals surface area contributed by atoms with Crippen molar-refractivity contribution in [1.29, 1.82) is 0 Å². The first-order chi connectivity index (χ1) is 7.81. The molecule has 1 aromatic carbocycles. The van der Waals surface area contributed by atoms with E-state index in [1.807, 2.05) is 12.1 Å². The molecule has 0 amide bonds. The topological polar surface area (TPSA) is 29.5 Å². The van der Waals surface area contributed by atoms with Gasteiger partial charge in [-0.1, -0.05) is 31.2 Å². The van der Waals surface area contributed by atoms with Crippen LogP contribution in [0, 0.1) is 5.92 Å². The lowest BCUT2D eigenvalue weighted by Crippen LogP contribution is -2.23. The molecular formula is C14H20O2. The van der Waals surface area contributed by atoms with Crippen molar-refractivity contribution in [2.45, 2.75) is 32.3 Å². The third-order valence-electron chi connectivity index (χ3n) is 3.37. The van der Waals surface area contributed by atoms with Crippen molar-refractivity contribution in [1.82, 2.24) is 0 Å². The molecule has 0 spiro atoms. The molecule has 0 radical (unpaired) electrons. The summed E-state index contributed by atoms with van der Waals surface area (Å²) in [6.07, 6.45) is 2.81. The van der Waals surface area contributed by atoms with Crippen molar-refractivity contribution >= 4 is 0 Å². The van der Waals surface area contributed by atoms with Gasteiger partial charge < -0.3 is 9.84 Å². The van der Waals surface area contributed by atoms with Crippen LogP contribution < -0.4 is 0 Å². The molecule has 1 N–H and O–H groups in total. The van der Waals surface area contributed by atoms with Gasteiger partial charge in [0.1, 0.15) is 0 Å². The number of hydrogen-bond donors (Lipinski definition) is 1. The Hall–Kier alpha value is -0.860. The fourth-order valence-corrected chi connectivity index (χ4v) is 2.24. The van der Waals surface area contributed by atoms with Crippen LogP contribution in [0.3, 0.4) is 0 Å². The minimum absolute atomic E-state index is 0.265. The molecule has 1 aliphatic heterocycles. The van der Waals surface area contributed by atoms with Gasteiger partial charge in [0.05, 0.1) is 12.7 Å². The van der Waals surface area contributed by atoms with Gasteiger partial charge in [-0.2, -0.15) is 0 Å². The van der Waals surface area contributed by atoms with Gasteiger partial charge in [0.2, 0.25) is 0 Å². The number of hydrogen-bond acceptors (Lipinski definition) is 2. The molecule has 16 heavy (non-hydrogen) atoms. The van der Waals surface area contributed by atoms with Crippen LogP contribution in [0.15, 0.2) is 24.3 Å². The maximum atomic E-state index is 10.2. The van der Waals surface area contributed by atoms with Crippen LogP contribution in [-0.4, -0.2) is 18.3 Å². The summed E-state index contributed by atoms with van der Waals surface area (Å²) in [6, 6.07) is 8.28. The second kappa shape index (κ2) is 5.46. The molecule has 2 unspecified atom stereocenters. The van der Waals surface area contributed by atoms with E-state index in [1.54, 1.807) is 0 Å². The number of aryl methyl sites for hydroxylation is 1. The maximum absolute atomic E-state index is 10.2. The first-order valence-corrected chi connectivity index (χ1v) is 6.16. The van der Waals surface area contributed by atoms with Gasteiger partial charge in [0, 0.05) is 12.5 Å². The Balaban J connectivity index is 2.04. The number of benzene rings is 1. The standard InChI is InChI=1S/C14H20O2/c1-2-11-5-7-12(8-6-11)14(15)13-4-3-9-16-10-13/h5-8,13-15H,2-4,9-10H2,1H3. The first-order valence-electron chi connectivity index (χ1n) is 6.16. The zero-order valence-corrected chi connectivity index (χ0v) is 9.86. The lowest BCUT2D eigenvalue weighted by Gasteiger charge is -2.27. The van der Waals surface area contributed by atoms with E-state index in [0.29, 0.717) is 6.61 Å². The molecule has 2 rings (SSSR count). The highest BCUT2D eigenvalue weighted by Crippen LogP contribution is 2.28. The highest BCUT2D eigenvalue weighted by atomic mass is 16.5. The third-order valence-corrected chi connectivity index (χ3v) is 3.37. The van der Waals surface area contributed by atoms with Gasteiger partial charge in [0.25, 0.3) is 0 Å². The van der Waals surface area contributed by atoms with Crippen LogP contribution in [0.1, 0.15) is 37.0 Å². The smallest absolute Gasteiger partial charge is 0.0840 e. The van der Waals surface area contributed by atoms with E-state index in [1.165, 1.54) is 5.56 Å². The summed E-state index contributed by atoms with van der Waals surface area (Å²) < 4.78 is 5.41. The van der Waals surface area contributed by atoms with E-state index in [-0.39, 0.29) is 12.0 Å². The normalized spacial score (nSPS) is 23.0. The van der Waals surface area contributed by atoms with E-state index < -0.39 is 0 Å². The monoisotopic (exact) mass is 220 g/mol. The highest BCUT2D eigenvalue weighted by molar-refractivity contribution is 5.24. The Kier molecular flexibility index (Phi) is 3.97. The average molecular weight is 220 g/mol. The second-order valence-electron chi connectivity index (χ2n) is 4.52. The van der Waals surface area contributed by atoms with Gasteiger partial charge in [-0.15, -0.1) is 0 Å². The summed E-state index contributed by atoms with van der Waals surface area (Å²) in [4.78, 5) is 0. The maximum Gasteiger partial charge on any atom is 0.0840 e. The zero-order chi connectivity index (χ0) is 11.4. The van der Waals surface area contributed by atoms with E-state index in [4.69, 9.17) is 4.74 Å². The first kappa shape index (κ1) is 11.6. The molecule has 1 fully saturated rings. The van der Waals surface area contributed by atoms with Gasteiger partial charge in [-0.3, -0.25) is 0 Å². The van der Waals surface area contributed by atoms with Crippen LogP contribution in [0.2, 0.25) is 0 Å². The summed E-state index contributed by atoms with van der Waals surface area (Å²) in [5.41, 5.74) is 2.34. The van der Waals surface area contributed by atoms with E-state index in [9.17, 15) is 5.11 Å². The van der Waals surface area contributed by atoms with Crippen molar-refractivity contribution in [2.75, 3.05) is 13.2 Å². The highest BCUT2D eigenvalue weighted by Gasteiger charge is 2.23. The molecule has 0 aliphatic carbocycles. The molecule has 1 heterocycles. The van der Waals surface area contributed by atoms with Crippen LogP contribution in [0.5, 0.6) is 0 Å². The van der Waals surface area contributed by atoms with E-state index in [2.05, 4.69) is 19.1 Å². The SMILES string of the molecule is CCc1ccc(C(O)C2CCCOC2)cc1. The van der Waals surface area contributed by atoms with Gasteiger partial charge in [-0.25, -0.2) is 0 Å². The van der Waals surface area contributed by atoms with Crippen molar-refractivity contribution < 1.29 is 9.84 Å². The van der Waals surface area contributed by atoms with Gasteiger partial charge in [-0.05, 0) is 30.4 Å². The van der Waals surface area contributed by atoms with Crippen molar-refractivity contribution in [2.24, 2.45) is 5.92 Å². The fourth-order valence-electron chi connectivity index (χ4n) is 2.24. The zero-order valence-electron chi connectivity index (χ0n) is 9.86. The van der Waals surface area contributed by atoms with E-state index >= 15 is 0 Å². The number of rotatable bonds is 3. The number of aliphatic hydroxyl groups excluding tert-OH is 1. The van der Waals surface area contributed by atoms with Crippen LogP contribution >= 0.6 is 0 Å². The van der Waals surface area contributed by atoms with Crippen LogP contribution in [-0.2, 0) is 11.2 Å². The molecule has 1 aromatic rings. The molecule has 88 valence electrons. The number of ether oxygens (including phenoxy) is 1. The van der Waals surface area contributed by atoms with Gasteiger partial charge in [0.15, 0.2) is 0 Å². The quantitative estimate of drug-likeness (QED) is 0.848. The Labute approximate surface area is 97.3 Å². The van der Waals surface area contributed by atoms with Crippen molar-refractivity contribution in [3.05, 3.63) is 35.4 Å². The molecule has 2 heteroatoms. The Bertz CT molecular complexity index is 312. The fraction of sp³-hybridized carbons (Fsp3) is 0.571. The lowest BCUT2D eigenvalue weighted by atomic mass is 9.90. The van der Waals surface area contributed by atoms with Crippen molar-refractivity contribution in [3.8, 4) is 0 Å². The van der Waals surface area contributed by atoms with E-state index in [0.717, 1.165) is 31.4 Å². The molecule has 0 bridgehead atoms. The van der Waals surface area contributed by atoms with Gasteiger partial charge >= 0.3 is 0 Å². The predicted molar refractivity (Wildman–Crippen MR) is 64.3 cm³/mol. The lowest BCUT2D eigenvalue weighted by molar-refractivity contribution is -0.00996. The minimum atomic E-state index is -0.369. The Morgan fingerprint density at radius 2 is 2.12 bits per heavy atom. The predicted octanol–water partition coefficient (Wildman–Crippen LogP) is 2.71. The van der Waals surface area contributed by atoms with Crippen LogP contribution in [0.4, 0.5) is 0 Å². The molecule has 1 aliphatic rings. The minimum Gasteiger partial charge on any atom is -0.388 e. The summed E-state index contributed by atoms with van der Waals surface area (Å²) in [7, 11) is 0. The molecule has 2 atom stereocenters. The summed E-state index contributed by atoms with van der Waals surface area (Å²) in [6.45, 7) is 3.68.